The van der Waals surface area contributed by atoms with E-state index in [9.17, 15) is 9.59 Å². The molecule has 22 heavy (non-hydrogen) atoms. The van der Waals surface area contributed by atoms with Gasteiger partial charge in [-0.25, -0.2) is 4.79 Å². The molecule has 0 heterocycles. The number of carbonyl (C=O) groups excluding carboxylic acids is 2. The van der Waals surface area contributed by atoms with Crippen LogP contribution in [-0.4, -0.2) is 18.0 Å². The van der Waals surface area contributed by atoms with Gasteiger partial charge < -0.3 is 5.73 Å². The second-order valence-corrected chi connectivity index (χ2v) is 5.13. The Morgan fingerprint density at radius 3 is 2.18 bits per heavy atom. The summed E-state index contributed by atoms with van der Waals surface area (Å²) in [7, 11) is 0. The Labute approximate surface area is 136 Å². The van der Waals surface area contributed by atoms with Crippen LogP contribution in [-0.2, 0) is 0 Å². The summed E-state index contributed by atoms with van der Waals surface area (Å²) >= 11 is 11.8. The van der Waals surface area contributed by atoms with E-state index in [2.05, 4.69) is 5.10 Å². The Kier molecular flexibility index (Phi) is 5.14. The van der Waals surface area contributed by atoms with Crippen LogP contribution in [0.15, 0.2) is 53.6 Å². The first-order valence-corrected chi connectivity index (χ1v) is 6.92. The van der Waals surface area contributed by atoms with Crippen molar-refractivity contribution in [1.82, 2.24) is 0 Å². The fraction of sp³-hybridized carbons (Fsp3) is 0. The Hall–Kier alpha value is -2.37. The molecule has 0 aromatic heterocycles. The van der Waals surface area contributed by atoms with Crippen LogP contribution < -0.4 is 10.7 Å². The number of hydrogen-bond acceptors (Lipinski definition) is 3. The van der Waals surface area contributed by atoms with Gasteiger partial charge >= 0.3 is 6.03 Å². The lowest BCUT2D eigenvalue weighted by Crippen LogP contribution is -2.31. The zero-order chi connectivity index (χ0) is 16.1. The predicted octanol–water partition coefficient (Wildman–Crippen LogP) is 3.75. The zero-order valence-electron chi connectivity index (χ0n) is 11.2. The maximum Gasteiger partial charge on any atom is 0.340 e. The van der Waals surface area contributed by atoms with Crippen LogP contribution in [0.5, 0.6) is 0 Å². The standard InChI is InChI=1S/C15H11Cl2N3O2/c16-11-6-12(17)8-13(7-11)20(15(18)22)19-9-14(21)10-4-2-1-3-5-10/h1-9H,(H2,18,22). The van der Waals surface area contributed by atoms with Crippen molar-refractivity contribution in [2.75, 3.05) is 5.01 Å². The highest BCUT2D eigenvalue weighted by atomic mass is 35.5. The van der Waals surface area contributed by atoms with Gasteiger partial charge in [-0.1, -0.05) is 53.5 Å². The van der Waals surface area contributed by atoms with Crippen LogP contribution in [0.25, 0.3) is 0 Å². The van der Waals surface area contributed by atoms with E-state index in [-0.39, 0.29) is 11.5 Å². The van der Waals surface area contributed by atoms with Gasteiger partial charge in [0.15, 0.2) is 0 Å². The van der Waals surface area contributed by atoms with Gasteiger partial charge in [-0.15, -0.1) is 0 Å². The number of ketones is 1. The third kappa shape index (κ3) is 4.07. The van der Waals surface area contributed by atoms with E-state index < -0.39 is 6.03 Å². The van der Waals surface area contributed by atoms with E-state index in [0.29, 0.717) is 15.6 Å². The summed E-state index contributed by atoms with van der Waals surface area (Å²) < 4.78 is 0. The minimum absolute atomic E-state index is 0.266. The van der Waals surface area contributed by atoms with Gasteiger partial charge in [0.1, 0.15) is 0 Å². The summed E-state index contributed by atoms with van der Waals surface area (Å²) in [5.74, 6) is -0.361. The maximum absolute atomic E-state index is 12.0. The first kappa shape index (κ1) is 16.0. The Bertz CT molecular complexity index is 713. The van der Waals surface area contributed by atoms with E-state index in [1.807, 2.05) is 0 Å². The number of benzene rings is 2. The molecule has 112 valence electrons. The largest absolute Gasteiger partial charge is 0.350 e. The molecule has 2 aromatic rings. The van der Waals surface area contributed by atoms with Gasteiger partial charge in [-0.05, 0) is 18.2 Å². The number of primary amides is 1. The zero-order valence-corrected chi connectivity index (χ0v) is 12.8. The first-order valence-electron chi connectivity index (χ1n) is 6.16. The normalized spacial score (nSPS) is 10.6. The topological polar surface area (TPSA) is 75.8 Å². The summed E-state index contributed by atoms with van der Waals surface area (Å²) in [6, 6.07) is 12.1. The molecule has 0 aliphatic rings. The van der Waals surface area contributed by atoms with Crippen molar-refractivity contribution in [3.63, 3.8) is 0 Å². The van der Waals surface area contributed by atoms with Crippen LogP contribution in [0, 0.1) is 0 Å². The molecule has 0 aliphatic carbocycles. The number of rotatable bonds is 4. The molecule has 2 aromatic carbocycles. The SMILES string of the molecule is NC(=O)N(N=CC(=O)c1ccccc1)c1cc(Cl)cc(Cl)c1. The summed E-state index contributed by atoms with van der Waals surface area (Å²) in [5.41, 5.74) is 5.98. The highest BCUT2D eigenvalue weighted by Crippen LogP contribution is 2.25. The van der Waals surface area contributed by atoms with Crippen molar-refractivity contribution >= 4 is 46.9 Å². The molecular weight excluding hydrogens is 325 g/mol. The molecule has 0 spiro atoms. The minimum Gasteiger partial charge on any atom is -0.350 e. The number of nitrogens with two attached hydrogens (primary N) is 1. The van der Waals surface area contributed by atoms with E-state index in [0.717, 1.165) is 11.2 Å². The van der Waals surface area contributed by atoms with Gasteiger partial charge in [-0.2, -0.15) is 10.1 Å². The number of urea groups is 1. The van der Waals surface area contributed by atoms with Crippen LogP contribution in [0.1, 0.15) is 10.4 Å². The predicted molar refractivity (Wildman–Crippen MR) is 87.8 cm³/mol. The quantitative estimate of drug-likeness (QED) is 0.524. The van der Waals surface area contributed by atoms with Gasteiger partial charge in [-0.3, -0.25) is 4.79 Å². The first-order chi connectivity index (χ1) is 10.5. The second kappa shape index (κ2) is 7.06. The molecule has 0 bridgehead atoms. The number of hydrazone groups is 1. The van der Waals surface area contributed by atoms with E-state index in [1.165, 1.54) is 18.2 Å². The number of amides is 2. The van der Waals surface area contributed by atoms with Gasteiger partial charge in [0.25, 0.3) is 0 Å². The molecule has 2 amide bonds. The van der Waals surface area contributed by atoms with Crippen LogP contribution in [0.4, 0.5) is 10.5 Å². The molecule has 0 saturated heterocycles. The number of Topliss-reactive ketones (excluding diaryl/α,β-unsaturated/α-hetero) is 1. The smallest absolute Gasteiger partial charge is 0.340 e. The van der Waals surface area contributed by atoms with Crippen molar-refractivity contribution in [3.05, 3.63) is 64.1 Å². The molecule has 7 heteroatoms. The molecule has 0 radical (unpaired) electrons. The molecule has 0 fully saturated rings. The van der Waals surface area contributed by atoms with Crippen LogP contribution in [0.2, 0.25) is 10.0 Å². The number of hydrogen-bond donors (Lipinski definition) is 1. The fourth-order valence-electron chi connectivity index (χ4n) is 1.70. The third-order valence-corrected chi connectivity index (χ3v) is 3.09. The fourth-order valence-corrected chi connectivity index (χ4v) is 2.21. The van der Waals surface area contributed by atoms with E-state index in [1.54, 1.807) is 30.3 Å². The molecular formula is C15H11Cl2N3O2. The third-order valence-electron chi connectivity index (χ3n) is 2.65. The average molecular weight is 336 g/mol. The summed E-state index contributed by atoms with van der Waals surface area (Å²) in [5, 5.41) is 5.30. The van der Waals surface area contributed by atoms with Crippen LogP contribution in [0.3, 0.4) is 0 Å². The Morgan fingerprint density at radius 2 is 1.64 bits per heavy atom. The van der Waals surface area contributed by atoms with Crippen LogP contribution >= 0.6 is 23.2 Å². The number of halogens is 2. The summed E-state index contributed by atoms with van der Waals surface area (Å²) in [4.78, 5) is 23.5. The molecule has 5 nitrogen and oxygen atoms in total. The van der Waals surface area contributed by atoms with Crippen molar-refractivity contribution in [2.45, 2.75) is 0 Å². The molecule has 0 aliphatic heterocycles. The van der Waals surface area contributed by atoms with Crippen molar-refractivity contribution in [1.29, 1.82) is 0 Å². The lowest BCUT2D eigenvalue weighted by Gasteiger charge is -2.14. The molecule has 0 saturated carbocycles. The Balaban J connectivity index is 2.28. The van der Waals surface area contributed by atoms with Gasteiger partial charge in [0.2, 0.25) is 5.78 Å². The van der Waals surface area contributed by atoms with Gasteiger partial charge in [0.05, 0.1) is 11.9 Å². The highest BCUT2D eigenvalue weighted by molar-refractivity contribution is 6.36. The molecule has 0 unspecified atom stereocenters. The van der Waals surface area contributed by atoms with Gasteiger partial charge in [0, 0.05) is 15.6 Å². The lowest BCUT2D eigenvalue weighted by molar-refractivity contribution is 0.107. The average Bonchev–Trinajstić information content (AvgIpc) is 2.47. The monoisotopic (exact) mass is 335 g/mol. The summed E-state index contributed by atoms with van der Waals surface area (Å²) in [6.07, 6.45) is 1.01. The number of carbonyl (C=O) groups is 2. The number of nitrogens with zero attached hydrogens (tertiary/aromatic N) is 2. The van der Waals surface area contributed by atoms with E-state index in [4.69, 9.17) is 28.9 Å². The van der Waals surface area contributed by atoms with Crippen molar-refractivity contribution in [3.8, 4) is 0 Å². The van der Waals surface area contributed by atoms with Crippen molar-refractivity contribution < 1.29 is 9.59 Å². The Morgan fingerprint density at radius 1 is 1.05 bits per heavy atom. The van der Waals surface area contributed by atoms with Crippen molar-refractivity contribution in [2.24, 2.45) is 10.8 Å². The highest BCUT2D eigenvalue weighted by Gasteiger charge is 2.13. The lowest BCUT2D eigenvalue weighted by atomic mass is 10.1. The maximum atomic E-state index is 12.0. The summed E-state index contributed by atoms with van der Waals surface area (Å²) in [6.45, 7) is 0. The molecule has 2 N–H and O–H groups in total. The molecule has 0 atom stereocenters. The second-order valence-electron chi connectivity index (χ2n) is 4.25. The minimum atomic E-state index is -0.865. The molecule has 2 rings (SSSR count). The number of anilines is 1. The van der Waals surface area contributed by atoms with E-state index >= 15 is 0 Å².